The normalized spacial score (nSPS) is 16.0. The molecule has 0 bridgehead atoms. The second-order valence-electron chi connectivity index (χ2n) is 5.24. The molecule has 3 aromatic rings. The third-order valence-corrected chi connectivity index (χ3v) is 4.76. The number of nitrogens with one attached hydrogen (secondary N) is 2. The van der Waals surface area contributed by atoms with Gasteiger partial charge in [-0.25, -0.2) is 9.53 Å². The molecule has 11 heteroatoms. The van der Waals surface area contributed by atoms with E-state index in [9.17, 15) is 4.79 Å². The summed E-state index contributed by atoms with van der Waals surface area (Å²) in [7, 11) is 0. The number of rotatable bonds is 3. The average Bonchev–Trinajstić information content (AvgIpc) is 3.30. The third-order valence-electron chi connectivity index (χ3n) is 3.62. The van der Waals surface area contributed by atoms with E-state index in [2.05, 4.69) is 25.1 Å². The zero-order valence-corrected chi connectivity index (χ0v) is 14.5. The van der Waals surface area contributed by atoms with E-state index in [1.54, 1.807) is 24.4 Å². The smallest absolute Gasteiger partial charge is 0.272 e. The molecule has 4 N–H and O–H groups in total. The van der Waals surface area contributed by atoms with E-state index in [1.807, 2.05) is 12.1 Å². The lowest BCUT2D eigenvalue weighted by Crippen LogP contribution is -2.29. The zero-order valence-electron chi connectivity index (χ0n) is 12.9. The Kier molecular flexibility index (Phi) is 3.98. The lowest BCUT2D eigenvalue weighted by atomic mass is 10.1. The number of hydrogen-bond acceptors (Lipinski definition) is 8. The Bertz CT molecular complexity index is 1040. The van der Waals surface area contributed by atoms with Gasteiger partial charge in [-0.2, -0.15) is 5.10 Å². The van der Waals surface area contributed by atoms with Crippen LogP contribution in [0.25, 0.3) is 17.3 Å². The van der Waals surface area contributed by atoms with Gasteiger partial charge in [0.25, 0.3) is 5.91 Å². The maximum atomic E-state index is 12.7. The molecule has 9 nitrogen and oxygen atoms in total. The summed E-state index contributed by atoms with van der Waals surface area (Å²) < 4.78 is 4.51. The summed E-state index contributed by atoms with van der Waals surface area (Å²) in [5.41, 5.74) is 7.92. The number of aromatic amines is 1. The van der Waals surface area contributed by atoms with Crippen molar-refractivity contribution in [2.75, 3.05) is 10.6 Å². The molecule has 3 heterocycles. The number of aromatic nitrogens is 4. The SMILES string of the molecule is N=C1S/C(=C/c2cn[nH]c2-c2ccc(Cl)cc2)C(=O)N1c1nonc1N. The van der Waals surface area contributed by atoms with E-state index >= 15 is 0 Å². The van der Waals surface area contributed by atoms with Crippen molar-refractivity contribution < 1.29 is 9.42 Å². The number of carbonyl (C=O) groups is 1. The van der Waals surface area contributed by atoms with Gasteiger partial charge < -0.3 is 5.73 Å². The van der Waals surface area contributed by atoms with Gasteiger partial charge in [0, 0.05) is 16.1 Å². The first kappa shape index (κ1) is 16.4. The Morgan fingerprint density at radius 2 is 2.08 bits per heavy atom. The molecule has 0 unspecified atom stereocenters. The number of thioether (sulfide) groups is 1. The van der Waals surface area contributed by atoms with Crippen LogP contribution in [-0.2, 0) is 4.79 Å². The van der Waals surface area contributed by atoms with E-state index in [0.29, 0.717) is 15.5 Å². The monoisotopic (exact) mass is 387 g/mol. The molecular weight excluding hydrogens is 378 g/mol. The fourth-order valence-electron chi connectivity index (χ4n) is 2.42. The second-order valence-corrected chi connectivity index (χ2v) is 6.70. The standard InChI is InChI=1S/C15H10ClN7O2S/c16-9-3-1-7(2-4-9)11-8(6-19-20-11)5-10-14(24)23(15(18)26-10)13-12(17)21-25-22-13/h1-6,18H,(H2,17,21)(H,19,20)/b10-5+,18-15?. The van der Waals surface area contributed by atoms with Crippen molar-refractivity contribution in [3.05, 3.63) is 46.0 Å². The largest absolute Gasteiger partial charge is 0.378 e. The van der Waals surface area contributed by atoms with Crippen molar-refractivity contribution in [3.63, 3.8) is 0 Å². The fourth-order valence-corrected chi connectivity index (χ4v) is 3.38. The van der Waals surface area contributed by atoms with E-state index < -0.39 is 5.91 Å². The van der Waals surface area contributed by atoms with Crippen LogP contribution in [0.5, 0.6) is 0 Å². The highest BCUT2D eigenvalue weighted by Crippen LogP contribution is 2.37. The van der Waals surface area contributed by atoms with Crippen LogP contribution in [0.3, 0.4) is 0 Å². The molecule has 1 aliphatic heterocycles. The number of hydrogen-bond donors (Lipinski definition) is 3. The van der Waals surface area contributed by atoms with Crippen molar-refractivity contribution in [2.24, 2.45) is 0 Å². The third kappa shape index (κ3) is 2.74. The minimum Gasteiger partial charge on any atom is -0.378 e. The number of nitrogens with zero attached hydrogens (tertiary/aromatic N) is 4. The maximum absolute atomic E-state index is 12.7. The lowest BCUT2D eigenvalue weighted by molar-refractivity contribution is -0.113. The Labute approximate surface area is 155 Å². The van der Waals surface area contributed by atoms with E-state index in [0.717, 1.165) is 27.9 Å². The van der Waals surface area contributed by atoms with Crippen molar-refractivity contribution in [2.45, 2.75) is 0 Å². The Hall–Kier alpha value is -3.11. The highest BCUT2D eigenvalue weighted by atomic mass is 35.5. The van der Waals surface area contributed by atoms with E-state index in [1.165, 1.54) is 0 Å². The van der Waals surface area contributed by atoms with Crippen molar-refractivity contribution in [3.8, 4) is 11.3 Å². The predicted octanol–water partition coefficient (Wildman–Crippen LogP) is 2.75. The van der Waals surface area contributed by atoms with Gasteiger partial charge in [-0.3, -0.25) is 15.3 Å². The molecule has 1 amide bonds. The molecule has 0 radical (unpaired) electrons. The van der Waals surface area contributed by atoms with E-state index in [4.69, 9.17) is 22.7 Å². The van der Waals surface area contributed by atoms with Crippen molar-refractivity contribution in [1.29, 1.82) is 5.41 Å². The highest BCUT2D eigenvalue weighted by molar-refractivity contribution is 8.19. The fraction of sp³-hybridized carbons (Fsp3) is 0. The van der Waals surface area contributed by atoms with Gasteiger partial charge in [-0.05, 0) is 40.3 Å². The highest BCUT2D eigenvalue weighted by Gasteiger charge is 2.37. The zero-order chi connectivity index (χ0) is 18.3. The number of nitrogen functional groups attached to an aromatic ring is 1. The summed E-state index contributed by atoms with van der Waals surface area (Å²) in [5, 5.41) is 22.6. The molecule has 1 saturated heterocycles. The number of benzene rings is 1. The van der Waals surface area contributed by atoms with Gasteiger partial charge in [-0.1, -0.05) is 23.7 Å². The van der Waals surface area contributed by atoms with Crippen LogP contribution in [0, 0.1) is 5.41 Å². The van der Waals surface area contributed by atoms with Gasteiger partial charge in [-0.15, -0.1) is 0 Å². The van der Waals surface area contributed by atoms with Gasteiger partial charge in [0.15, 0.2) is 5.17 Å². The van der Waals surface area contributed by atoms with Gasteiger partial charge in [0.1, 0.15) is 0 Å². The summed E-state index contributed by atoms with van der Waals surface area (Å²) in [5.74, 6) is -0.498. The minimum absolute atomic E-state index is 0.000943. The van der Waals surface area contributed by atoms with Crippen LogP contribution < -0.4 is 10.6 Å². The molecule has 2 aromatic heterocycles. The Balaban J connectivity index is 1.69. The van der Waals surface area contributed by atoms with Gasteiger partial charge in [0.2, 0.25) is 11.6 Å². The molecule has 4 rings (SSSR count). The van der Waals surface area contributed by atoms with Crippen molar-refractivity contribution in [1.82, 2.24) is 20.5 Å². The quantitative estimate of drug-likeness (QED) is 0.587. The van der Waals surface area contributed by atoms with Crippen molar-refractivity contribution >= 4 is 52.1 Å². The van der Waals surface area contributed by atoms with Crippen LogP contribution in [0.2, 0.25) is 5.02 Å². The van der Waals surface area contributed by atoms with Gasteiger partial charge >= 0.3 is 0 Å². The first-order chi connectivity index (χ1) is 12.5. The number of anilines is 2. The number of halogens is 1. The van der Waals surface area contributed by atoms with Crippen LogP contribution in [0.1, 0.15) is 5.56 Å². The molecule has 26 heavy (non-hydrogen) atoms. The summed E-state index contributed by atoms with van der Waals surface area (Å²) in [6.45, 7) is 0. The lowest BCUT2D eigenvalue weighted by Gasteiger charge is -2.09. The van der Waals surface area contributed by atoms with Crippen LogP contribution in [0.4, 0.5) is 11.6 Å². The average molecular weight is 388 g/mol. The maximum Gasteiger partial charge on any atom is 0.272 e. The molecule has 1 fully saturated rings. The van der Waals surface area contributed by atoms with Crippen LogP contribution in [0.15, 0.2) is 40.0 Å². The molecule has 130 valence electrons. The first-order valence-electron chi connectivity index (χ1n) is 7.24. The summed E-state index contributed by atoms with van der Waals surface area (Å²) in [4.78, 5) is 14.0. The Morgan fingerprint density at radius 3 is 2.77 bits per heavy atom. The summed E-state index contributed by atoms with van der Waals surface area (Å²) in [6, 6.07) is 7.22. The van der Waals surface area contributed by atoms with E-state index in [-0.39, 0.29) is 16.8 Å². The second kappa shape index (κ2) is 6.32. The molecule has 0 atom stereocenters. The first-order valence-corrected chi connectivity index (χ1v) is 8.44. The predicted molar refractivity (Wildman–Crippen MR) is 98.5 cm³/mol. The minimum atomic E-state index is -0.439. The number of H-pyrrole nitrogens is 1. The molecule has 0 aliphatic carbocycles. The number of nitrogens with two attached hydrogens (primary N) is 1. The number of amidine groups is 1. The Morgan fingerprint density at radius 1 is 1.31 bits per heavy atom. The van der Waals surface area contributed by atoms with Gasteiger partial charge in [0.05, 0.1) is 16.8 Å². The molecule has 0 spiro atoms. The van der Waals surface area contributed by atoms with Crippen LogP contribution in [-0.4, -0.2) is 31.6 Å². The summed E-state index contributed by atoms with van der Waals surface area (Å²) in [6.07, 6.45) is 3.25. The molecular formula is C15H10ClN7O2S. The molecule has 1 aromatic carbocycles. The molecule has 1 aliphatic rings. The van der Waals surface area contributed by atoms with Crippen LogP contribution >= 0.6 is 23.4 Å². The molecule has 0 saturated carbocycles. The number of amides is 1. The summed E-state index contributed by atoms with van der Waals surface area (Å²) >= 11 is 6.91. The topological polar surface area (TPSA) is 138 Å². The number of carbonyl (C=O) groups excluding carboxylic acids is 1.